The second-order valence-electron chi connectivity index (χ2n) is 4.25. The van der Waals surface area contributed by atoms with Crippen molar-refractivity contribution in [3.8, 4) is 5.75 Å². The van der Waals surface area contributed by atoms with Gasteiger partial charge < -0.3 is 9.84 Å². The van der Waals surface area contributed by atoms with Crippen molar-refractivity contribution in [3.63, 3.8) is 0 Å². The molecule has 1 unspecified atom stereocenters. The zero-order chi connectivity index (χ0) is 12.8. The number of rotatable bonds is 6. The Labute approximate surface area is 102 Å². The largest absolute Gasteiger partial charge is 0.497 e. The number of aliphatic carboxylic acids is 1. The summed E-state index contributed by atoms with van der Waals surface area (Å²) >= 11 is 0. The summed E-state index contributed by atoms with van der Waals surface area (Å²) in [5.41, 5.74) is 1.89. The van der Waals surface area contributed by atoms with E-state index >= 15 is 0 Å². The Balaban J connectivity index is 2.71. The van der Waals surface area contributed by atoms with Crippen LogP contribution in [-0.2, 0) is 11.2 Å². The summed E-state index contributed by atoms with van der Waals surface area (Å²) in [6, 6.07) is 7.48. The highest BCUT2D eigenvalue weighted by Gasteiger charge is 2.17. The Hall–Kier alpha value is -1.77. The van der Waals surface area contributed by atoms with Gasteiger partial charge in [-0.05, 0) is 37.5 Å². The molecule has 0 saturated carbocycles. The van der Waals surface area contributed by atoms with E-state index in [1.54, 1.807) is 7.11 Å². The molecular formula is C14H18O3. The van der Waals surface area contributed by atoms with Crippen molar-refractivity contribution in [2.75, 3.05) is 7.11 Å². The van der Waals surface area contributed by atoms with E-state index in [2.05, 4.69) is 6.58 Å². The monoisotopic (exact) mass is 234 g/mol. The van der Waals surface area contributed by atoms with Crippen molar-refractivity contribution >= 4 is 5.97 Å². The predicted octanol–water partition coefficient (Wildman–Crippen LogP) is 2.90. The molecule has 0 spiro atoms. The number of allylic oxidation sites excluding steroid dienone is 1. The van der Waals surface area contributed by atoms with Crippen molar-refractivity contribution in [1.82, 2.24) is 0 Å². The first-order chi connectivity index (χ1) is 8.02. The number of benzene rings is 1. The van der Waals surface area contributed by atoms with Crippen molar-refractivity contribution in [1.29, 1.82) is 0 Å². The second kappa shape index (κ2) is 6.09. The molecule has 0 radical (unpaired) electrons. The van der Waals surface area contributed by atoms with E-state index in [4.69, 9.17) is 9.84 Å². The second-order valence-corrected chi connectivity index (χ2v) is 4.25. The number of carboxylic acids is 1. The van der Waals surface area contributed by atoms with Crippen LogP contribution in [0.4, 0.5) is 0 Å². The summed E-state index contributed by atoms with van der Waals surface area (Å²) in [6.45, 7) is 5.61. The summed E-state index contributed by atoms with van der Waals surface area (Å²) in [7, 11) is 1.61. The zero-order valence-electron chi connectivity index (χ0n) is 10.3. The number of hydrogen-bond acceptors (Lipinski definition) is 2. The lowest BCUT2D eigenvalue weighted by Crippen LogP contribution is -2.16. The summed E-state index contributed by atoms with van der Waals surface area (Å²) in [6.07, 6.45) is 1.04. The Morgan fingerprint density at radius 1 is 1.41 bits per heavy atom. The SMILES string of the molecule is C=C(C)CC(Cc1ccc(OC)cc1)C(=O)O. The highest BCUT2D eigenvalue weighted by Crippen LogP contribution is 2.19. The van der Waals surface area contributed by atoms with E-state index in [-0.39, 0.29) is 0 Å². The molecule has 17 heavy (non-hydrogen) atoms. The molecule has 0 saturated heterocycles. The average Bonchev–Trinajstić information content (AvgIpc) is 2.28. The molecule has 0 aliphatic carbocycles. The molecule has 0 amide bonds. The molecular weight excluding hydrogens is 216 g/mol. The van der Waals surface area contributed by atoms with Gasteiger partial charge in [-0.3, -0.25) is 4.79 Å². The fourth-order valence-corrected chi connectivity index (χ4v) is 1.71. The molecule has 1 aromatic carbocycles. The first kappa shape index (κ1) is 13.3. The van der Waals surface area contributed by atoms with Gasteiger partial charge in [0, 0.05) is 0 Å². The molecule has 3 heteroatoms. The number of ether oxygens (including phenoxy) is 1. The van der Waals surface area contributed by atoms with Gasteiger partial charge >= 0.3 is 5.97 Å². The van der Waals surface area contributed by atoms with Gasteiger partial charge in [0.1, 0.15) is 5.75 Å². The van der Waals surface area contributed by atoms with Gasteiger partial charge in [0.15, 0.2) is 0 Å². The van der Waals surface area contributed by atoms with Crippen LogP contribution in [0, 0.1) is 5.92 Å². The van der Waals surface area contributed by atoms with E-state index in [1.165, 1.54) is 0 Å². The smallest absolute Gasteiger partial charge is 0.307 e. The quantitative estimate of drug-likeness (QED) is 0.770. The van der Waals surface area contributed by atoms with E-state index < -0.39 is 11.9 Å². The number of carboxylic acid groups (broad SMARTS) is 1. The minimum Gasteiger partial charge on any atom is -0.497 e. The summed E-state index contributed by atoms with van der Waals surface area (Å²) in [5.74, 6) is -0.398. The fourth-order valence-electron chi connectivity index (χ4n) is 1.71. The molecule has 1 N–H and O–H groups in total. The Kier molecular flexibility index (Phi) is 4.76. The lowest BCUT2D eigenvalue weighted by molar-refractivity contribution is -0.141. The molecule has 0 aromatic heterocycles. The van der Waals surface area contributed by atoms with Crippen LogP contribution in [0.15, 0.2) is 36.4 Å². The van der Waals surface area contributed by atoms with Crippen LogP contribution >= 0.6 is 0 Å². The molecule has 0 heterocycles. The van der Waals surface area contributed by atoms with Gasteiger partial charge in [0.05, 0.1) is 13.0 Å². The van der Waals surface area contributed by atoms with E-state index in [9.17, 15) is 4.79 Å². The van der Waals surface area contributed by atoms with E-state index in [0.717, 1.165) is 16.9 Å². The van der Waals surface area contributed by atoms with Crippen LogP contribution in [0.1, 0.15) is 18.9 Å². The molecule has 92 valence electrons. The van der Waals surface area contributed by atoms with Crippen molar-refractivity contribution in [2.45, 2.75) is 19.8 Å². The fraction of sp³-hybridized carbons (Fsp3) is 0.357. The summed E-state index contributed by atoms with van der Waals surface area (Å²) < 4.78 is 5.06. The standard InChI is InChI=1S/C14H18O3/c1-10(2)8-12(14(15)16)9-11-4-6-13(17-3)7-5-11/h4-7,12H,1,8-9H2,2-3H3,(H,15,16). The Morgan fingerprint density at radius 3 is 2.41 bits per heavy atom. The minimum absolute atomic E-state index is 0.402. The van der Waals surface area contributed by atoms with Gasteiger partial charge in [-0.2, -0.15) is 0 Å². The lowest BCUT2D eigenvalue weighted by atomic mass is 9.93. The van der Waals surface area contributed by atoms with Gasteiger partial charge in [0.2, 0.25) is 0 Å². The van der Waals surface area contributed by atoms with Crippen molar-refractivity contribution in [2.24, 2.45) is 5.92 Å². The van der Waals surface area contributed by atoms with Crippen molar-refractivity contribution in [3.05, 3.63) is 42.0 Å². The number of methoxy groups -OCH3 is 1. The van der Waals surface area contributed by atoms with Crippen LogP contribution in [0.2, 0.25) is 0 Å². The third kappa shape index (κ3) is 4.31. The third-order valence-corrected chi connectivity index (χ3v) is 2.59. The van der Waals surface area contributed by atoms with Crippen LogP contribution in [0.3, 0.4) is 0 Å². The molecule has 1 aromatic rings. The predicted molar refractivity (Wildman–Crippen MR) is 67.3 cm³/mol. The van der Waals surface area contributed by atoms with Gasteiger partial charge in [-0.1, -0.05) is 17.7 Å². The number of carbonyl (C=O) groups is 1. The first-order valence-corrected chi connectivity index (χ1v) is 5.53. The van der Waals surface area contributed by atoms with E-state index in [0.29, 0.717) is 12.8 Å². The minimum atomic E-state index is -0.774. The first-order valence-electron chi connectivity index (χ1n) is 5.53. The summed E-state index contributed by atoms with van der Waals surface area (Å²) in [4.78, 5) is 11.1. The van der Waals surface area contributed by atoms with Gasteiger partial charge in [-0.25, -0.2) is 0 Å². The number of hydrogen-bond donors (Lipinski definition) is 1. The highest BCUT2D eigenvalue weighted by molar-refractivity contribution is 5.70. The van der Waals surface area contributed by atoms with Crippen LogP contribution in [-0.4, -0.2) is 18.2 Å². The summed E-state index contributed by atoms with van der Waals surface area (Å²) in [5, 5.41) is 9.12. The molecule has 0 bridgehead atoms. The van der Waals surface area contributed by atoms with Crippen LogP contribution in [0.5, 0.6) is 5.75 Å². The normalized spacial score (nSPS) is 11.9. The maximum absolute atomic E-state index is 11.1. The maximum Gasteiger partial charge on any atom is 0.307 e. The molecule has 0 aliphatic rings. The zero-order valence-corrected chi connectivity index (χ0v) is 10.3. The van der Waals surface area contributed by atoms with Crippen LogP contribution < -0.4 is 4.74 Å². The maximum atomic E-state index is 11.1. The average molecular weight is 234 g/mol. The Morgan fingerprint density at radius 2 is 2.00 bits per heavy atom. The highest BCUT2D eigenvalue weighted by atomic mass is 16.5. The van der Waals surface area contributed by atoms with E-state index in [1.807, 2.05) is 31.2 Å². The van der Waals surface area contributed by atoms with Gasteiger partial charge in [0.25, 0.3) is 0 Å². The lowest BCUT2D eigenvalue weighted by Gasteiger charge is -2.12. The molecule has 1 rings (SSSR count). The van der Waals surface area contributed by atoms with Crippen molar-refractivity contribution < 1.29 is 14.6 Å². The molecule has 3 nitrogen and oxygen atoms in total. The topological polar surface area (TPSA) is 46.5 Å². The Bertz CT molecular complexity index is 392. The third-order valence-electron chi connectivity index (χ3n) is 2.59. The van der Waals surface area contributed by atoms with Crippen LogP contribution in [0.25, 0.3) is 0 Å². The molecule has 0 aliphatic heterocycles. The van der Waals surface area contributed by atoms with Gasteiger partial charge in [-0.15, -0.1) is 6.58 Å². The molecule has 1 atom stereocenters. The molecule has 0 fully saturated rings.